The van der Waals surface area contributed by atoms with E-state index in [1.807, 2.05) is 25.1 Å². The van der Waals surface area contributed by atoms with Gasteiger partial charge in [-0.2, -0.15) is 0 Å². The van der Waals surface area contributed by atoms with Crippen LogP contribution in [0.15, 0.2) is 42.5 Å². The van der Waals surface area contributed by atoms with E-state index in [1.54, 1.807) is 50.5 Å². The van der Waals surface area contributed by atoms with E-state index in [4.69, 9.17) is 14.2 Å². The van der Waals surface area contributed by atoms with Crippen molar-refractivity contribution in [3.8, 4) is 17.2 Å². The van der Waals surface area contributed by atoms with Gasteiger partial charge in [-0.1, -0.05) is 6.92 Å². The average molecular weight is 427 g/mol. The molecule has 1 aliphatic heterocycles. The van der Waals surface area contributed by atoms with E-state index in [0.29, 0.717) is 42.4 Å². The normalized spacial score (nSPS) is 17.9. The summed E-state index contributed by atoms with van der Waals surface area (Å²) in [6.45, 7) is 3.37. The van der Waals surface area contributed by atoms with Crippen LogP contribution in [0.5, 0.6) is 17.2 Å². The third-order valence-corrected chi connectivity index (χ3v) is 5.67. The minimum absolute atomic E-state index is 0.0539. The van der Waals surface area contributed by atoms with Gasteiger partial charge in [0.05, 0.1) is 27.2 Å². The number of carbonyl (C=O) groups excluding carboxylic acids is 2. The van der Waals surface area contributed by atoms with Crippen LogP contribution in [0.25, 0.3) is 0 Å². The maximum atomic E-state index is 13.2. The van der Waals surface area contributed by atoms with Gasteiger partial charge in [0.15, 0.2) is 0 Å². The lowest BCUT2D eigenvalue weighted by atomic mass is 9.87. The Morgan fingerprint density at radius 1 is 0.968 bits per heavy atom. The van der Waals surface area contributed by atoms with Crippen molar-refractivity contribution in [1.29, 1.82) is 0 Å². The lowest BCUT2D eigenvalue weighted by Crippen LogP contribution is -2.36. The van der Waals surface area contributed by atoms with Crippen molar-refractivity contribution in [2.45, 2.75) is 19.3 Å². The van der Waals surface area contributed by atoms with Crippen molar-refractivity contribution in [3.05, 3.63) is 53.6 Å². The molecule has 166 valence electrons. The maximum absolute atomic E-state index is 13.2. The van der Waals surface area contributed by atoms with Crippen LogP contribution in [0, 0.1) is 5.92 Å². The van der Waals surface area contributed by atoms with Gasteiger partial charge in [0.1, 0.15) is 17.2 Å². The molecule has 1 saturated heterocycles. The minimum Gasteiger partial charge on any atom is -0.497 e. The van der Waals surface area contributed by atoms with Crippen LogP contribution in [0.1, 0.15) is 35.2 Å². The van der Waals surface area contributed by atoms with Crippen molar-refractivity contribution < 1.29 is 23.8 Å². The van der Waals surface area contributed by atoms with Crippen molar-refractivity contribution in [3.63, 3.8) is 0 Å². The summed E-state index contributed by atoms with van der Waals surface area (Å²) in [7, 11) is 4.79. The van der Waals surface area contributed by atoms with Crippen LogP contribution < -0.4 is 19.5 Å². The number of nitrogens with zero attached hydrogens (tertiary/aromatic N) is 1. The fourth-order valence-corrected chi connectivity index (χ4v) is 3.98. The van der Waals surface area contributed by atoms with E-state index in [2.05, 4.69) is 5.32 Å². The quantitative estimate of drug-likeness (QED) is 0.702. The minimum atomic E-state index is -0.380. The molecule has 0 unspecified atom stereocenters. The van der Waals surface area contributed by atoms with E-state index in [0.717, 1.165) is 12.0 Å². The molecule has 2 aromatic carbocycles. The number of ether oxygens (including phenoxy) is 3. The van der Waals surface area contributed by atoms with Crippen molar-refractivity contribution in [2.24, 2.45) is 5.92 Å². The summed E-state index contributed by atoms with van der Waals surface area (Å²) < 4.78 is 16.1. The van der Waals surface area contributed by atoms with Gasteiger partial charge < -0.3 is 24.4 Å². The lowest BCUT2D eigenvalue weighted by Gasteiger charge is -2.21. The highest BCUT2D eigenvalue weighted by Crippen LogP contribution is 2.40. The summed E-state index contributed by atoms with van der Waals surface area (Å²) in [5, 5.41) is 2.99. The van der Waals surface area contributed by atoms with Crippen molar-refractivity contribution in [1.82, 2.24) is 10.2 Å². The molecule has 1 fully saturated rings. The van der Waals surface area contributed by atoms with Crippen LogP contribution >= 0.6 is 0 Å². The predicted molar refractivity (Wildman–Crippen MR) is 118 cm³/mol. The molecular weight excluding hydrogens is 396 g/mol. The van der Waals surface area contributed by atoms with Crippen molar-refractivity contribution in [2.75, 3.05) is 41.0 Å². The lowest BCUT2D eigenvalue weighted by molar-refractivity contribution is -0.124. The Balaban J connectivity index is 1.92. The zero-order valence-electron chi connectivity index (χ0n) is 18.5. The Morgan fingerprint density at radius 2 is 1.65 bits per heavy atom. The summed E-state index contributed by atoms with van der Waals surface area (Å²) in [4.78, 5) is 27.9. The Bertz CT molecular complexity index is 913. The second kappa shape index (κ2) is 10.2. The number of nitrogens with one attached hydrogen (secondary N) is 1. The smallest absolute Gasteiger partial charge is 0.253 e. The summed E-state index contributed by atoms with van der Waals surface area (Å²) in [6, 6.07) is 12.6. The molecule has 0 radical (unpaired) electrons. The first kappa shape index (κ1) is 22.5. The number of amides is 2. The van der Waals surface area contributed by atoms with E-state index in [9.17, 15) is 9.59 Å². The van der Waals surface area contributed by atoms with Crippen LogP contribution in [0.3, 0.4) is 0 Å². The molecule has 1 N–H and O–H groups in total. The fraction of sp³-hybridized carbons (Fsp3) is 0.417. The van der Waals surface area contributed by atoms with Gasteiger partial charge in [0, 0.05) is 36.7 Å². The van der Waals surface area contributed by atoms with Gasteiger partial charge in [-0.3, -0.25) is 9.59 Å². The van der Waals surface area contributed by atoms with Crippen LogP contribution in [-0.4, -0.2) is 57.7 Å². The van der Waals surface area contributed by atoms with Crippen LogP contribution in [-0.2, 0) is 4.79 Å². The maximum Gasteiger partial charge on any atom is 0.253 e. The molecule has 0 spiro atoms. The molecule has 1 heterocycles. The van der Waals surface area contributed by atoms with Crippen LogP contribution in [0.2, 0.25) is 0 Å². The molecule has 3 rings (SSSR count). The zero-order valence-corrected chi connectivity index (χ0v) is 18.5. The molecule has 2 amide bonds. The summed E-state index contributed by atoms with van der Waals surface area (Å²) >= 11 is 0. The first-order chi connectivity index (χ1) is 15.0. The molecule has 0 saturated carbocycles. The Kier molecular flexibility index (Phi) is 7.39. The summed E-state index contributed by atoms with van der Waals surface area (Å²) in [6.07, 6.45) is 0.847. The molecule has 1 aliphatic rings. The van der Waals surface area contributed by atoms with E-state index in [-0.39, 0.29) is 23.7 Å². The zero-order chi connectivity index (χ0) is 22.4. The first-order valence-corrected chi connectivity index (χ1v) is 10.4. The van der Waals surface area contributed by atoms with Gasteiger partial charge in [0.25, 0.3) is 5.91 Å². The highest BCUT2D eigenvalue weighted by Gasteiger charge is 2.41. The third-order valence-electron chi connectivity index (χ3n) is 5.67. The Labute approximate surface area is 183 Å². The van der Waals surface area contributed by atoms with Gasteiger partial charge >= 0.3 is 0 Å². The summed E-state index contributed by atoms with van der Waals surface area (Å²) in [5.41, 5.74) is 1.43. The standard InChI is InChI=1S/C24H30N2O5/c1-5-12-25-23(27)21-15-26(24(28)16-6-8-17(29-2)9-7-16)14-20(21)19-13-18(30-3)10-11-22(19)31-4/h6-11,13,20-21H,5,12,14-15H2,1-4H3,(H,25,27)/t20-,21+/m1/s1. The molecule has 2 atom stereocenters. The molecule has 7 nitrogen and oxygen atoms in total. The highest BCUT2D eigenvalue weighted by molar-refractivity contribution is 5.95. The van der Waals surface area contributed by atoms with E-state index < -0.39 is 0 Å². The molecule has 31 heavy (non-hydrogen) atoms. The third kappa shape index (κ3) is 4.93. The number of likely N-dealkylation sites (tertiary alicyclic amines) is 1. The fourth-order valence-electron chi connectivity index (χ4n) is 3.98. The largest absolute Gasteiger partial charge is 0.497 e. The summed E-state index contributed by atoms with van der Waals surface area (Å²) in [5.74, 6) is 1.30. The second-order valence-electron chi connectivity index (χ2n) is 7.55. The van der Waals surface area contributed by atoms with Gasteiger partial charge in [-0.05, 0) is 48.9 Å². The van der Waals surface area contributed by atoms with E-state index in [1.165, 1.54) is 0 Å². The average Bonchev–Trinajstić information content (AvgIpc) is 3.27. The van der Waals surface area contributed by atoms with Gasteiger partial charge in [-0.15, -0.1) is 0 Å². The number of rotatable bonds is 8. The van der Waals surface area contributed by atoms with Crippen LogP contribution in [0.4, 0.5) is 0 Å². The monoisotopic (exact) mass is 426 g/mol. The topological polar surface area (TPSA) is 77.1 Å². The van der Waals surface area contributed by atoms with E-state index >= 15 is 0 Å². The second-order valence-corrected chi connectivity index (χ2v) is 7.55. The van der Waals surface area contributed by atoms with Crippen molar-refractivity contribution >= 4 is 11.8 Å². The molecule has 7 heteroatoms. The number of benzene rings is 2. The Hall–Kier alpha value is -3.22. The number of carbonyl (C=O) groups is 2. The SMILES string of the molecule is CCCNC(=O)[C@H]1CN(C(=O)c2ccc(OC)cc2)C[C@@H]1c1cc(OC)ccc1OC. The molecule has 2 aromatic rings. The molecule has 0 aliphatic carbocycles. The number of hydrogen-bond acceptors (Lipinski definition) is 5. The van der Waals surface area contributed by atoms with Gasteiger partial charge in [-0.25, -0.2) is 0 Å². The Morgan fingerprint density at radius 3 is 2.26 bits per heavy atom. The number of methoxy groups -OCH3 is 3. The highest BCUT2D eigenvalue weighted by atomic mass is 16.5. The predicted octanol–water partition coefficient (Wildman–Crippen LogP) is 3.09. The molecule has 0 bridgehead atoms. The first-order valence-electron chi connectivity index (χ1n) is 10.4. The molecular formula is C24H30N2O5. The number of hydrogen-bond donors (Lipinski definition) is 1. The molecule has 0 aromatic heterocycles. The van der Waals surface area contributed by atoms with Gasteiger partial charge in [0.2, 0.25) is 5.91 Å².